The van der Waals surface area contributed by atoms with Gasteiger partial charge in [-0.25, -0.2) is 0 Å². The van der Waals surface area contributed by atoms with Gasteiger partial charge in [-0.1, -0.05) is 18.3 Å². The van der Waals surface area contributed by atoms with E-state index in [2.05, 4.69) is 20.9 Å². The monoisotopic (exact) mass is 383 g/mol. The van der Waals surface area contributed by atoms with Crippen LogP contribution in [0.1, 0.15) is 22.3 Å². The molecule has 0 radical (unpaired) electrons. The lowest BCUT2D eigenvalue weighted by molar-refractivity contribution is 0.0748. The number of carbonyl (C=O) groups is 1. The van der Waals surface area contributed by atoms with Gasteiger partial charge in [0.1, 0.15) is 0 Å². The number of halogens is 1. The minimum absolute atomic E-state index is 0.0305. The predicted molar refractivity (Wildman–Crippen MR) is 92.4 cm³/mol. The highest BCUT2D eigenvalue weighted by atomic mass is 79.9. The molecule has 7 heteroatoms. The third-order valence-corrected chi connectivity index (χ3v) is 4.53. The van der Waals surface area contributed by atoms with Crippen molar-refractivity contribution in [2.75, 3.05) is 6.54 Å². The zero-order valence-corrected chi connectivity index (χ0v) is 14.4. The largest absolute Gasteiger partial charge is 0.393 e. The Morgan fingerprint density at radius 2 is 2.33 bits per heavy atom. The number of thiocarbonyl (C=S) groups is 1. The van der Waals surface area contributed by atoms with Crippen molar-refractivity contribution >= 4 is 50.4 Å². The topological polar surface area (TPSA) is 59.2 Å². The first-order chi connectivity index (χ1) is 10.1. The van der Waals surface area contributed by atoms with Crippen molar-refractivity contribution in [3.05, 3.63) is 50.9 Å². The van der Waals surface area contributed by atoms with E-state index < -0.39 is 0 Å². The summed E-state index contributed by atoms with van der Waals surface area (Å²) in [5.74, 6) is -0.0305. The molecule has 0 saturated carbocycles. The van der Waals surface area contributed by atoms with E-state index in [9.17, 15) is 4.79 Å². The van der Waals surface area contributed by atoms with Gasteiger partial charge in [0.15, 0.2) is 0 Å². The first-order valence-electron chi connectivity index (χ1n) is 6.27. The Morgan fingerprint density at radius 1 is 1.52 bits per heavy atom. The molecule has 4 nitrogen and oxygen atoms in total. The number of rotatable bonds is 6. The van der Waals surface area contributed by atoms with Gasteiger partial charge in [-0.05, 0) is 33.6 Å². The van der Waals surface area contributed by atoms with E-state index in [0.29, 0.717) is 30.1 Å². The molecule has 0 aliphatic rings. The van der Waals surface area contributed by atoms with Crippen LogP contribution in [0.3, 0.4) is 0 Å². The molecule has 0 bridgehead atoms. The van der Waals surface area contributed by atoms with Crippen molar-refractivity contribution in [2.24, 2.45) is 5.73 Å². The van der Waals surface area contributed by atoms with Gasteiger partial charge in [0.2, 0.25) is 0 Å². The summed E-state index contributed by atoms with van der Waals surface area (Å²) in [7, 11) is 0. The molecule has 2 aromatic rings. The summed E-state index contributed by atoms with van der Waals surface area (Å²) < 4.78 is 0.932. The van der Waals surface area contributed by atoms with Crippen molar-refractivity contribution in [1.29, 1.82) is 0 Å². The summed E-state index contributed by atoms with van der Waals surface area (Å²) in [6, 6.07) is 5.62. The van der Waals surface area contributed by atoms with Crippen LogP contribution in [0.2, 0.25) is 0 Å². The van der Waals surface area contributed by atoms with Gasteiger partial charge in [-0.3, -0.25) is 9.78 Å². The van der Waals surface area contributed by atoms with Crippen LogP contribution in [0.5, 0.6) is 0 Å². The van der Waals surface area contributed by atoms with E-state index in [1.807, 2.05) is 23.6 Å². The molecule has 0 aliphatic carbocycles. The Balaban J connectivity index is 2.14. The van der Waals surface area contributed by atoms with Gasteiger partial charge in [0.25, 0.3) is 5.91 Å². The molecule has 0 unspecified atom stereocenters. The standard InChI is InChI=1S/C14H14BrN3OS2/c15-12-6-11(9-21-12)14(19)18(5-3-13(16)20)8-10-2-1-4-17-7-10/h1-2,4,6-7,9H,3,5,8H2,(H2,16,20). The van der Waals surface area contributed by atoms with Gasteiger partial charge < -0.3 is 10.6 Å². The summed E-state index contributed by atoms with van der Waals surface area (Å²) in [5, 5.41) is 1.84. The SMILES string of the molecule is NC(=S)CCN(Cc1cccnc1)C(=O)c1csc(Br)c1. The second-order valence-electron chi connectivity index (χ2n) is 4.44. The number of aromatic nitrogens is 1. The van der Waals surface area contributed by atoms with Gasteiger partial charge in [0.05, 0.1) is 14.3 Å². The highest BCUT2D eigenvalue weighted by Crippen LogP contribution is 2.22. The minimum Gasteiger partial charge on any atom is -0.393 e. The van der Waals surface area contributed by atoms with Crippen molar-refractivity contribution in [1.82, 2.24) is 9.88 Å². The summed E-state index contributed by atoms with van der Waals surface area (Å²) in [5.41, 5.74) is 7.19. The average Bonchev–Trinajstić information content (AvgIpc) is 2.90. The van der Waals surface area contributed by atoms with E-state index >= 15 is 0 Å². The van der Waals surface area contributed by atoms with E-state index in [-0.39, 0.29) is 5.91 Å². The Bertz CT molecular complexity index is 630. The fourth-order valence-corrected chi connectivity index (χ4v) is 3.04. The number of thiophene rings is 1. The normalized spacial score (nSPS) is 10.3. The van der Waals surface area contributed by atoms with Crippen molar-refractivity contribution in [3.8, 4) is 0 Å². The first-order valence-corrected chi connectivity index (χ1v) is 8.35. The number of carbonyl (C=O) groups excluding carboxylic acids is 1. The fourth-order valence-electron chi connectivity index (χ4n) is 1.81. The molecule has 2 aromatic heterocycles. The lowest BCUT2D eigenvalue weighted by Crippen LogP contribution is -2.33. The van der Waals surface area contributed by atoms with Crippen LogP contribution < -0.4 is 5.73 Å². The summed E-state index contributed by atoms with van der Waals surface area (Å²) in [4.78, 5) is 18.8. The van der Waals surface area contributed by atoms with Crippen LogP contribution in [0, 0.1) is 0 Å². The molecule has 0 saturated heterocycles. The Labute approximate surface area is 141 Å². The third-order valence-electron chi connectivity index (χ3n) is 2.83. The molecule has 0 spiro atoms. The van der Waals surface area contributed by atoms with Crippen LogP contribution in [0.25, 0.3) is 0 Å². The summed E-state index contributed by atoms with van der Waals surface area (Å²) in [6.07, 6.45) is 3.97. The maximum atomic E-state index is 12.6. The number of hydrogen-bond donors (Lipinski definition) is 1. The van der Waals surface area contributed by atoms with E-state index in [1.54, 1.807) is 17.3 Å². The van der Waals surface area contributed by atoms with E-state index in [4.69, 9.17) is 18.0 Å². The van der Waals surface area contributed by atoms with Gasteiger partial charge in [-0.2, -0.15) is 0 Å². The van der Waals surface area contributed by atoms with Crippen molar-refractivity contribution in [3.63, 3.8) is 0 Å². The molecular weight excluding hydrogens is 370 g/mol. The molecule has 2 heterocycles. The van der Waals surface area contributed by atoms with Crippen LogP contribution in [0.15, 0.2) is 39.8 Å². The smallest absolute Gasteiger partial charge is 0.255 e. The van der Waals surface area contributed by atoms with Gasteiger partial charge in [-0.15, -0.1) is 11.3 Å². The zero-order valence-electron chi connectivity index (χ0n) is 11.2. The molecule has 0 fully saturated rings. The first kappa shape index (κ1) is 16.1. The molecule has 21 heavy (non-hydrogen) atoms. The maximum absolute atomic E-state index is 12.6. The number of nitrogens with two attached hydrogens (primary N) is 1. The fraction of sp³-hybridized carbons (Fsp3) is 0.214. The second-order valence-corrected chi connectivity index (χ2v) is 7.26. The van der Waals surface area contributed by atoms with E-state index in [0.717, 1.165) is 9.35 Å². The number of nitrogens with zero attached hydrogens (tertiary/aromatic N) is 2. The zero-order chi connectivity index (χ0) is 15.2. The molecule has 110 valence electrons. The molecule has 0 aromatic carbocycles. The van der Waals surface area contributed by atoms with Crippen molar-refractivity contribution < 1.29 is 4.79 Å². The third kappa shape index (κ3) is 4.87. The number of hydrogen-bond acceptors (Lipinski definition) is 4. The highest BCUT2D eigenvalue weighted by Gasteiger charge is 2.17. The minimum atomic E-state index is -0.0305. The molecular formula is C14H14BrN3OS2. The van der Waals surface area contributed by atoms with Crippen LogP contribution in [0.4, 0.5) is 0 Å². The number of amides is 1. The molecule has 2 N–H and O–H groups in total. The second kappa shape index (κ2) is 7.63. The highest BCUT2D eigenvalue weighted by molar-refractivity contribution is 9.11. The lowest BCUT2D eigenvalue weighted by Gasteiger charge is -2.22. The average molecular weight is 384 g/mol. The molecule has 1 amide bonds. The van der Waals surface area contributed by atoms with Gasteiger partial charge in [0, 0.05) is 37.3 Å². The predicted octanol–water partition coefficient (Wildman–Crippen LogP) is 3.22. The Morgan fingerprint density at radius 3 is 2.90 bits per heavy atom. The molecule has 2 rings (SSSR count). The maximum Gasteiger partial charge on any atom is 0.255 e. The molecule has 0 aliphatic heterocycles. The van der Waals surface area contributed by atoms with Gasteiger partial charge >= 0.3 is 0 Å². The summed E-state index contributed by atoms with van der Waals surface area (Å²) in [6.45, 7) is 0.985. The Kier molecular flexibility index (Phi) is 5.84. The van der Waals surface area contributed by atoms with E-state index in [1.165, 1.54) is 11.3 Å². The van der Waals surface area contributed by atoms with Crippen LogP contribution in [-0.4, -0.2) is 27.3 Å². The summed E-state index contributed by atoms with van der Waals surface area (Å²) >= 11 is 9.77. The lowest BCUT2D eigenvalue weighted by atomic mass is 10.2. The molecule has 0 atom stereocenters. The van der Waals surface area contributed by atoms with Crippen molar-refractivity contribution in [2.45, 2.75) is 13.0 Å². The van der Waals surface area contributed by atoms with Crippen LogP contribution >= 0.6 is 39.5 Å². The Hall–Kier alpha value is -1.31. The van der Waals surface area contributed by atoms with Crippen LogP contribution in [-0.2, 0) is 6.54 Å². The quantitative estimate of drug-likeness (QED) is 0.777. The number of pyridine rings is 1.